The third-order valence-electron chi connectivity index (χ3n) is 5.49. The Balaban J connectivity index is 1.47. The van der Waals surface area contributed by atoms with Gasteiger partial charge in [0.15, 0.2) is 5.13 Å². The molecule has 1 aliphatic rings. The normalized spacial score (nSPS) is 15.4. The third-order valence-corrected chi connectivity index (χ3v) is 8.28. The van der Waals surface area contributed by atoms with Crippen molar-refractivity contribution in [3.63, 3.8) is 0 Å². The highest BCUT2D eigenvalue weighted by Gasteiger charge is 2.34. The number of halogens is 3. The van der Waals surface area contributed by atoms with E-state index in [4.69, 9.17) is 9.47 Å². The molecule has 12 heteroatoms. The molecule has 2 heterocycles. The molecular weight excluding hydrogens is 491 g/mol. The van der Waals surface area contributed by atoms with Gasteiger partial charge in [0.25, 0.3) is 0 Å². The summed E-state index contributed by atoms with van der Waals surface area (Å²) < 4.78 is 76.8. The molecule has 0 unspecified atom stereocenters. The molecule has 0 spiro atoms. The fraction of sp³-hybridized carbons (Fsp3) is 0.318. The smallest absolute Gasteiger partial charge is 0.416 e. The minimum Gasteiger partial charge on any atom is -0.497 e. The van der Waals surface area contributed by atoms with E-state index < -0.39 is 21.8 Å². The zero-order valence-corrected chi connectivity index (χ0v) is 20.0. The number of sulfonamides is 1. The molecule has 0 amide bonds. The maximum atomic E-state index is 13.0. The largest absolute Gasteiger partial charge is 0.497 e. The van der Waals surface area contributed by atoms with E-state index in [9.17, 15) is 21.6 Å². The number of methoxy groups -OCH3 is 2. The summed E-state index contributed by atoms with van der Waals surface area (Å²) in [7, 11) is -0.906. The number of hydrogen-bond donors (Lipinski definition) is 0. The average molecular weight is 514 g/mol. The summed E-state index contributed by atoms with van der Waals surface area (Å²) in [5.74, 6) is 1.28. The molecule has 7 nitrogen and oxygen atoms in total. The molecule has 3 aromatic rings. The Morgan fingerprint density at radius 3 is 2.38 bits per heavy atom. The monoisotopic (exact) mass is 513 g/mol. The minimum absolute atomic E-state index is 0.138. The number of rotatable bonds is 6. The van der Waals surface area contributed by atoms with Crippen LogP contribution in [-0.2, 0) is 16.2 Å². The first-order valence-electron chi connectivity index (χ1n) is 10.2. The van der Waals surface area contributed by atoms with E-state index in [1.807, 2.05) is 22.4 Å². The fourth-order valence-electron chi connectivity index (χ4n) is 3.65. The van der Waals surface area contributed by atoms with Crippen molar-refractivity contribution in [2.45, 2.75) is 11.1 Å². The summed E-state index contributed by atoms with van der Waals surface area (Å²) in [4.78, 5) is 6.28. The van der Waals surface area contributed by atoms with Gasteiger partial charge >= 0.3 is 6.18 Å². The van der Waals surface area contributed by atoms with E-state index in [1.54, 1.807) is 20.3 Å². The van der Waals surface area contributed by atoms with E-state index in [0.29, 0.717) is 30.7 Å². The van der Waals surface area contributed by atoms with Gasteiger partial charge in [-0.1, -0.05) is 6.07 Å². The standard InChI is InChI=1S/C22H22F3N3O4S2/c1-31-16-6-7-18(20(13-16)32-2)19-14-33-21(26-19)27-8-10-28(11-9-27)34(29,30)17-5-3-4-15(12-17)22(23,24)25/h3-7,12-14H,8-11H2,1-2H3. The molecule has 1 aromatic heterocycles. The maximum absolute atomic E-state index is 13.0. The van der Waals surface area contributed by atoms with Crippen LogP contribution in [0.15, 0.2) is 52.7 Å². The van der Waals surface area contributed by atoms with E-state index >= 15 is 0 Å². The molecule has 34 heavy (non-hydrogen) atoms. The van der Waals surface area contributed by atoms with Gasteiger partial charge in [0.05, 0.1) is 30.4 Å². The topological polar surface area (TPSA) is 72.0 Å². The summed E-state index contributed by atoms with van der Waals surface area (Å²) in [5, 5.41) is 2.62. The molecular formula is C22H22F3N3O4S2. The number of benzene rings is 2. The predicted molar refractivity (Wildman–Crippen MR) is 123 cm³/mol. The lowest BCUT2D eigenvalue weighted by molar-refractivity contribution is -0.137. The van der Waals surface area contributed by atoms with Gasteiger partial charge in [0.2, 0.25) is 10.0 Å². The Morgan fingerprint density at radius 2 is 1.74 bits per heavy atom. The van der Waals surface area contributed by atoms with Crippen LogP contribution < -0.4 is 14.4 Å². The van der Waals surface area contributed by atoms with Crippen LogP contribution in [-0.4, -0.2) is 58.1 Å². The van der Waals surface area contributed by atoms with E-state index in [0.717, 1.165) is 28.5 Å². The second kappa shape index (κ2) is 9.43. The number of piperazine rings is 1. The van der Waals surface area contributed by atoms with Gasteiger partial charge in [-0.15, -0.1) is 11.3 Å². The highest BCUT2D eigenvalue weighted by atomic mass is 32.2. The summed E-state index contributed by atoms with van der Waals surface area (Å²) in [6.45, 7) is 1.01. The number of thiazole rings is 1. The van der Waals surface area contributed by atoms with E-state index in [2.05, 4.69) is 4.98 Å². The van der Waals surface area contributed by atoms with Gasteiger partial charge in [0, 0.05) is 43.2 Å². The molecule has 2 aromatic carbocycles. The lowest BCUT2D eigenvalue weighted by atomic mass is 10.1. The van der Waals surface area contributed by atoms with Crippen molar-refractivity contribution in [1.29, 1.82) is 0 Å². The lowest BCUT2D eigenvalue weighted by Gasteiger charge is -2.33. The van der Waals surface area contributed by atoms with Gasteiger partial charge in [0.1, 0.15) is 11.5 Å². The van der Waals surface area contributed by atoms with Crippen LogP contribution in [0.2, 0.25) is 0 Å². The first-order valence-corrected chi connectivity index (χ1v) is 12.6. The third kappa shape index (κ3) is 4.84. The van der Waals surface area contributed by atoms with Gasteiger partial charge in [-0.05, 0) is 30.3 Å². The Morgan fingerprint density at radius 1 is 1.00 bits per heavy atom. The second-order valence-corrected chi connectivity index (χ2v) is 10.3. The van der Waals surface area contributed by atoms with Crippen LogP contribution in [0.5, 0.6) is 11.5 Å². The van der Waals surface area contributed by atoms with Crippen LogP contribution in [0.3, 0.4) is 0 Å². The maximum Gasteiger partial charge on any atom is 0.416 e. The number of nitrogens with zero attached hydrogens (tertiary/aromatic N) is 3. The Hall–Kier alpha value is -2.83. The first kappa shape index (κ1) is 24.3. The summed E-state index contributed by atoms with van der Waals surface area (Å²) in [6.07, 6.45) is -4.61. The number of hydrogen-bond acceptors (Lipinski definition) is 7. The molecule has 0 atom stereocenters. The molecule has 1 fully saturated rings. The van der Waals surface area contributed by atoms with Crippen molar-refractivity contribution < 1.29 is 31.1 Å². The zero-order valence-electron chi connectivity index (χ0n) is 18.4. The van der Waals surface area contributed by atoms with Crippen LogP contribution in [0.4, 0.5) is 18.3 Å². The summed E-state index contributed by atoms with van der Waals surface area (Å²) in [5.41, 5.74) is 0.534. The number of anilines is 1. The van der Waals surface area contributed by atoms with Gasteiger partial charge in [-0.2, -0.15) is 17.5 Å². The molecule has 0 saturated carbocycles. The molecule has 0 aliphatic carbocycles. The molecule has 1 saturated heterocycles. The van der Waals surface area contributed by atoms with Crippen molar-refractivity contribution in [2.24, 2.45) is 0 Å². The van der Waals surface area contributed by atoms with Crippen molar-refractivity contribution in [3.8, 4) is 22.8 Å². The van der Waals surface area contributed by atoms with Crippen molar-refractivity contribution >= 4 is 26.5 Å². The number of alkyl halides is 3. The SMILES string of the molecule is COc1ccc(-c2csc(N3CCN(S(=O)(=O)c4cccc(C(F)(F)F)c4)CC3)n2)c(OC)c1. The van der Waals surface area contributed by atoms with E-state index in [1.165, 1.54) is 21.7 Å². The molecule has 4 rings (SSSR count). The van der Waals surface area contributed by atoms with Gasteiger partial charge < -0.3 is 14.4 Å². The first-order chi connectivity index (χ1) is 16.1. The van der Waals surface area contributed by atoms with Crippen molar-refractivity contribution in [2.75, 3.05) is 45.3 Å². The molecule has 0 radical (unpaired) electrons. The molecule has 182 valence electrons. The predicted octanol–water partition coefficient (Wildman–Crippen LogP) is 4.36. The van der Waals surface area contributed by atoms with Crippen molar-refractivity contribution in [1.82, 2.24) is 9.29 Å². The second-order valence-electron chi connectivity index (χ2n) is 7.50. The molecule has 1 aliphatic heterocycles. The van der Waals surface area contributed by atoms with Crippen molar-refractivity contribution in [3.05, 3.63) is 53.4 Å². The van der Waals surface area contributed by atoms with Crippen LogP contribution >= 0.6 is 11.3 Å². The number of ether oxygens (including phenoxy) is 2. The summed E-state index contributed by atoms with van der Waals surface area (Å²) >= 11 is 1.42. The van der Waals surface area contributed by atoms with Crippen LogP contribution in [0.1, 0.15) is 5.56 Å². The Bertz CT molecular complexity index is 1270. The van der Waals surface area contributed by atoms with Crippen LogP contribution in [0, 0.1) is 0 Å². The Labute approximate surface area is 199 Å². The highest BCUT2D eigenvalue weighted by Crippen LogP contribution is 2.36. The number of aromatic nitrogens is 1. The molecule has 0 N–H and O–H groups in total. The lowest BCUT2D eigenvalue weighted by Crippen LogP contribution is -2.48. The Kier molecular flexibility index (Phi) is 6.74. The fourth-order valence-corrected chi connectivity index (χ4v) is 5.99. The van der Waals surface area contributed by atoms with Crippen LogP contribution in [0.25, 0.3) is 11.3 Å². The van der Waals surface area contributed by atoms with Gasteiger partial charge in [-0.25, -0.2) is 13.4 Å². The highest BCUT2D eigenvalue weighted by molar-refractivity contribution is 7.89. The summed E-state index contributed by atoms with van der Waals surface area (Å²) in [6, 6.07) is 9.27. The quantitative estimate of drug-likeness (QED) is 0.488. The van der Waals surface area contributed by atoms with E-state index in [-0.39, 0.29) is 18.0 Å². The zero-order chi connectivity index (χ0) is 24.5. The average Bonchev–Trinajstić information content (AvgIpc) is 3.33. The molecule has 0 bridgehead atoms. The minimum atomic E-state index is -4.61. The van der Waals surface area contributed by atoms with Gasteiger partial charge in [-0.3, -0.25) is 0 Å².